The molecule has 0 aliphatic rings. The van der Waals surface area contributed by atoms with Gasteiger partial charge in [-0.05, 0) is 36.4 Å². The van der Waals surface area contributed by atoms with E-state index in [1.54, 1.807) is 30.5 Å². The third-order valence-corrected chi connectivity index (χ3v) is 6.21. The van der Waals surface area contributed by atoms with Crippen molar-refractivity contribution >= 4 is 33.2 Å². The molecule has 3 rings (SSSR count). The first kappa shape index (κ1) is 19.7. The second-order valence-corrected chi connectivity index (χ2v) is 8.37. The number of aromatic nitrogens is 2. The predicted molar refractivity (Wildman–Crippen MR) is 104 cm³/mol. The van der Waals surface area contributed by atoms with Gasteiger partial charge in [0.15, 0.2) is 10.9 Å². The van der Waals surface area contributed by atoms with Gasteiger partial charge in [0, 0.05) is 36.1 Å². The van der Waals surface area contributed by atoms with E-state index in [9.17, 15) is 18.5 Å². The number of benzene rings is 2. The molecular weight excluding hydrogens is 404 g/mol. The molecule has 0 fully saturated rings. The largest absolute Gasteiger partial charge is 0.490 e. The van der Waals surface area contributed by atoms with Gasteiger partial charge in [0.25, 0.3) is 10.0 Å². The van der Waals surface area contributed by atoms with Gasteiger partial charge in [-0.1, -0.05) is 11.8 Å². The van der Waals surface area contributed by atoms with E-state index in [0.717, 1.165) is 16.1 Å². The van der Waals surface area contributed by atoms with Crippen LogP contribution in [0.5, 0.6) is 5.75 Å². The number of nitrogens with one attached hydrogen (secondary N) is 1. The maximum Gasteiger partial charge on any atom is 0.312 e. The van der Waals surface area contributed by atoms with Crippen LogP contribution in [-0.2, 0) is 17.1 Å². The molecule has 1 N–H and O–H groups in total. The Labute approximate surface area is 165 Å². The highest BCUT2D eigenvalue weighted by atomic mass is 32.2. The Bertz CT molecular complexity index is 1110. The summed E-state index contributed by atoms with van der Waals surface area (Å²) in [5, 5.41) is 11.9. The number of nitro groups is 1. The summed E-state index contributed by atoms with van der Waals surface area (Å²) < 4.78 is 34.3. The molecule has 0 saturated heterocycles. The Balaban J connectivity index is 1.80. The summed E-state index contributed by atoms with van der Waals surface area (Å²) >= 11 is 1.44. The smallest absolute Gasteiger partial charge is 0.312 e. The van der Waals surface area contributed by atoms with E-state index in [4.69, 9.17) is 4.74 Å². The number of hydrogen-bond donors (Lipinski definition) is 1. The topological polar surface area (TPSA) is 116 Å². The lowest BCUT2D eigenvalue weighted by atomic mass is 10.3. The van der Waals surface area contributed by atoms with E-state index in [2.05, 4.69) is 9.71 Å². The summed E-state index contributed by atoms with van der Waals surface area (Å²) in [6, 6.07) is 10.2. The number of aryl methyl sites for hydroxylation is 1. The molecule has 0 aliphatic carbocycles. The van der Waals surface area contributed by atoms with Crippen LogP contribution in [0.3, 0.4) is 0 Å². The molecule has 0 atom stereocenters. The first-order valence-electron chi connectivity index (χ1n) is 7.90. The molecule has 0 radical (unpaired) electrons. The number of rotatable bonds is 7. The van der Waals surface area contributed by atoms with E-state index in [1.165, 1.54) is 31.0 Å². The van der Waals surface area contributed by atoms with E-state index >= 15 is 0 Å². The van der Waals surface area contributed by atoms with Crippen LogP contribution >= 0.6 is 11.8 Å². The van der Waals surface area contributed by atoms with Gasteiger partial charge in [-0.25, -0.2) is 13.4 Å². The Morgan fingerprint density at radius 1 is 1.21 bits per heavy atom. The minimum Gasteiger partial charge on any atom is -0.490 e. The molecule has 1 aromatic heterocycles. The van der Waals surface area contributed by atoms with Crippen molar-refractivity contribution in [3.05, 3.63) is 65.0 Å². The Morgan fingerprint density at radius 2 is 1.93 bits per heavy atom. The number of anilines is 1. The molecule has 9 nitrogen and oxygen atoms in total. The van der Waals surface area contributed by atoms with Crippen LogP contribution in [0.15, 0.2) is 69.8 Å². The van der Waals surface area contributed by atoms with Crippen LogP contribution < -0.4 is 9.46 Å². The van der Waals surface area contributed by atoms with E-state index < -0.39 is 20.6 Å². The quantitative estimate of drug-likeness (QED) is 0.460. The molecule has 0 spiro atoms. The molecular formula is C17H16N4O5S2. The first-order valence-corrected chi connectivity index (χ1v) is 10.2. The highest BCUT2D eigenvalue weighted by Crippen LogP contribution is 2.31. The number of sulfonamides is 1. The molecule has 0 saturated carbocycles. The van der Waals surface area contributed by atoms with Crippen LogP contribution in [0.25, 0.3) is 0 Å². The van der Waals surface area contributed by atoms with E-state index in [-0.39, 0.29) is 10.6 Å². The standard InChI is InChI=1S/C17H16N4O5S2/c1-20-10-9-18-17(20)27-13-5-3-12(4-6-13)19-28(24,25)14-7-8-16(26-2)15(11-14)21(22)23/h3-11,19H,1-2H3. The molecule has 0 bridgehead atoms. The Hall–Kier alpha value is -3.05. The minimum atomic E-state index is -4.00. The number of hydrogen-bond acceptors (Lipinski definition) is 7. The van der Waals surface area contributed by atoms with Gasteiger partial charge in [-0.2, -0.15) is 0 Å². The lowest BCUT2D eigenvalue weighted by Crippen LogP contribution is -2.13. The maximum absolute atomic E-state index is 12.6. The monoisotopic (exact) mass is 420 g/mol. The summed E-state index contributed by atoms with van der Waals surface area (Å²) in [5.74, 6) is -0.0142. The number of methoxy groups -OCH3 is 1. The van der Waals surface area contributed by atoms with Crippen LogP contribution in [-0.4, -0.2) is 30.0 Å². The van der Waals surface area contributed by atoms with Gasteiger partial charge in [-0.15, -0.1) is 0 Å². The lowest BCUT2D eigenvalue weighted by Gasteiger charge is -2.10. The summed E-state index contributed by atoms with van der Waals surface area (Å²) in [7, 11) is -0.839. The van der Waals surface area contributed by atoms with Crippen molar-refractivity contribution in [1.29, 1.82) is 0 Å². The van der Waals surface area contributed by atoms with Crippen molar-refractivity contribution in [2.45, 2.75) is 14.9 Å². The summed E-state index contributed by atoms with van der Waals surface area (Å²) in [6.45, 7) is 0. The van der Waals surface area contributed by atoms with Gasteiger partial charge in [-0.3, -0.25) is 14.8 Å². The zero-order valence-corrected chi connectivity index (χ0v) is 16.5. The average molecular weight is 420 g/mol. The van der Waals surface area contributed by atoms with Gasteiger partial charge in [0.2, 0.25) is 0 Å². The molecule has 1 heterocycles. The molecule has 0 unspecified atom stereocenters. The second kappa shape index (κ2) is 7.90. The maximum atomic E-state index is 12.6. The molecule has 146 valence electrons. The van der Waals surface area contributed by atoms with Crippen LogP contribution in [0, 0.1) is 10.1 Å². The molecule has 2 aromatic carbocycles. The summed E-state index contributed by atoms with van der Waals surface area (Å²) in [5.41, 5.74) is -0.0881. The third kappa shape index (κ3) is 4.26. The van der Waals surface area contributed by atoms with Gasteiger partial charge in [0.05, 0.1) is 16.9 Å². The molecule has 0 amide bonds. The fourth-order valence-electron chi connectivity index (χ4n) is 2.34. The van der Waals surface area contributed by atoms with Crippen molar-refractivity contribution in [1.82, 2.24) is 9.55 Å². The van der Waals surface area contributed by atoms with Crippen LogP contribution in [0.4, 0.5) is 11.4 Å². The number of ether oxygens (including phenoxy) is 1. The average Bonchev–Trinajstić information content (AvgIpc) is 3.07. The Morgan fingerprint density at radius 3 is 2.50 bits per heavy atom. The first-order chi connectivity index (χ1) is 13.3. The second-order valence-electron chi connectivity index (χ2n) is 5.64. The molecule has 28 heavy (non-hydrogen) atoms. The van der Waals surface area contributed by atoms with Crippen LogP contribution in [0.2, 0.25) is 0 Å². The summed E-state index contributed by atoms with van der Waals surface area (Å²) in [4.78, 5) is 15.3. The summed E-state index contributed by atoms with van der Waals surface area (Å²) in [6.07, 6.45) is 3.53. The van der Waals surface area contributed by atoms with E-state index in [0.29, 0.717) is 5.69 Å². The van der Waals surface area contributed by atoms with Crippen molar-refractivity contribution in [3.8, 4) is 5.75 Å². The Kier molecular flexibility index (Phi) is 5.56. The zero-order chi connectivity index (χ0) is 20.3. The van der Waals surface area contributed by atoms with Crippen molar-refractivity contribution in [2.24, 2.45) is 7.05 Å². The molecule has 0 aliphatic heterocycles. The molecule has 3 aromatic rings. The van der Waals surface area contributed by atoms with Gasteiger partial charge < -0.3 is 9.30 Å². The fraction of sp³-hybridized carbons (Fsp3) is 0.118. The van der Waals surface area contributed by atoms with Crippen molar-refractivity contribution in [3.63, 3.8) is 0 Å². The lowest BCUT2D eigenvalue weighted by molar-refractivity contribution is -0.386. The fourth-order valence-corrected chi connectivity index (χ4v) is 4.22. The predicted octanol–water partition coefficient (Wildman–Crippen LogP) is 3.29. The number of imidazole rings is 1. The van der Waals surface area contributed by atoms with Crippen molar-refractivity contribution in [2.75, 3.05) is 11.8 Å². The van der Waals surface area contributed by atoms with Crippen LogP contribution in [0.1, 0.15) is 0 Å². The van der Waals surface area contributed by atoms with Gasteiger partial charge in [0.1, 0.15) is 0 Å². The van der Waals surface area contributed by atoms with E-state index in [1.807, 2.05) is 17.8 Å². The minimum absolute atomic E-state index is 0.0142. The highest BCUT2D eigenvalue weighted by Gasteiger charge is 2.22. The van der Waals surface area contributed by atoms with Crippen molar-refractivity contribution < 1.29 is 18.1 Å². The normalized spacial score (nSPS) is 11.2. The highest BCUT2D eigenvalue weighted by molar-refractivity contribution is 7.99. The molecule has 11 heteroatoms. The third-order valence-electron chi connectivity index (χ3n) is 3.75. The zero-order valence-electron chi connectivity index (χ0n) is 14.9. The number of nitro benzene ring substituents is 1. The number of nitrogens with zero attached hydrogens (tertiary/aromatic N) is 3. The SMILES string of the molecule is COc1ccc(S(=O)(=O)Nc2ccc(Sc3nccn3C)cc2)cc1[N+](=O)[O-]. The van der Waals surface area contributed by atoms with Gasteiger partial charge >= 0.3 is 5.69 Å².